The summed E-state index contributed by atoms with van der Waals surface area (Å²) >= 11 is 12.3. The molecule has 0 bridgehead atoms. The number of anilines is 1. The number of carbonyl (C=O) groups is 1. The predicted molar refractivity (Wildman–Crippen MR) is 127 cm³/mol. The summed E-state index contributed by atoms with van der Waals surface area (Å²) in [5.41, 5.74) is 1.47. The summed E-state index contributed by atoms with van der Waals surface area (Å²) in [5, 5.41) is 24.1. The first-order chi connectivity index (χ1) is 15.8. The van der Waals surface area contributed by atoms with Gasteiger partial charge in [-0.05, 0) is 54.5 Å². The van der Waals surface area contributed by atoms with Crippen LogP contribution in [0.3, 0.4) is 0 Å². The Morgan fingerprint density at radius 3 is 2.42 bits per heavy atom. The van der Waals surface area contributed by atoms with E-state index in [1.165, 1.54) is 18.2 Å². The van der Waals surface area contributed by atoms with Crippen molar-refractivity contribution < 1.29 is 14.5 Å². The van der Waals surface area contributed by atoms with Crippen molar-refractivity contribution in [3.05, 3.63) is 103 Å². The molecule has 0 atom stereocenters. The van der Waals surface area contributed by atoms with E-state index in [0.29, 0.717) is 32.5 Å². The smallest absolute Gasteiger partial charge is 0.293 e. The zero-order valence-electron chi connectivity index (χ0n) is 17.3. The topological polar surface area (TPSA) is 105 Å². The van der Waals surface area contributed by atoms with E-state index in [0.717, 1.165) is 0 Å². The molecule has 0 saturated carbocycles. The van der Waals surface area contributed by atoms with Gasteiger partial charge in [-0.1, -0.05) is 47.5 Å². The number of rotatable bonds is 7. The first-order valence-electron chi connectivity index (χ1n) is 9.62. The quantitative estimate of drug-likeness (QED) is 0.183. The Labute approximate surface area is 200 Å². The second-order valence-corrected chi connectivity index (χ2v) is 7.77. The Hall–Kier alpha value is -3.86. The number of hydrogen-bond donors (Lipinski definition) is 1. The van der Waals surface area contributed by atoms with Gasteiger partial charge in [-0.3, -0.25) is 14.9 Å². The van der Waals surface area contributed by atoms with Crippen molar-refractivity contribution in [1.82, 2.24) is 0 Å². The lowest BCUT2D eigenvalue weighted by molar-refractivity contribution is -0.384. The number of amides is 1. The van der Waals surface area contributed by atoms with E-state index in [1.807, 2.05) is 6.07 Å². The highest BCUT2D eigenvalue weighted by Gasteiger charge is 2.18. The molecule has 1 amide bonds. The fraction of sp³-hybridized carbons (Fsp3) is 0.0833. The number of benzene rings is 3. The van der Waals surface area contributed by atoms with Gasteiger partial charge in [-0.25, -0.2) is 0 Å². The van der Waals surface area contributed by atoms with E-state index >= 15 is 0 Å². The lowest BCUT2D eigenvalue weighted by atomic mass is 10.1. The number of nitro benzene ring substituents is 1. The van der Waals surface area contributed by atoms with E-state index in [9.17, 15) is 20.2 Å². The second kappa shape index (κ2) is 10.6. The normalized spacial score (nSPS) is 10.9. The van der Waals surface area contributed by atoms with Gasteiger partial charge >= 0.3 is 0 Å². The molecule has 166 valence electrons. The maximum Gasteiger partial charge on any atom is 0.293 e. The highest BCUT2D eigenvalue weighted by atomic mass is 35.5. The summed E-state index contributed by atoms with van der Waals surface area (Å²) in [4.78, 5) is 23.2. The molecule has 0 spiro atoms. The molecule has 0 radical (unpaired) electrons. The highest BCUT2D eigenvalue weighted by Crippen LogP contribution is 2.27. The molecule has 1 N–H and O–H groups in total. The van der Waals surface area contributed by atoms with Crippen molar-refractivity contribution in [1.29, 1.82) is 5.26 Å². The van der Waals surface area contributed by atoms with E-state index in [4.69, 9.17) is 27.9 Å². The summed E-state index contributed by atoms with van der Waals surface area (Å²) in [7, 11) is 0. The molecule has 0 unspecified atom stereocenters. The molecule has 0 aliphatic carbocycles. The van der Waals surface area contributed by atoms with Gasteiger partial charge in [0.15, 0.2) is 0 Å². The minimum absolute atomic E-state index is 0.0127. The van der Waals surface area contributed by atoms with E-state index in [-0.39, 0.29) is 23.6 Å². The number of nitriles is 1. The van der Waals surface area contributed by atoms with Crippen LogP contribution >= 0.6 is 23.2 Å². The number of nitrogens with one attached hydrogen (secondary N) is 1. The minimum Gasteiger partial charge on any atom is -0.489 e. The zero-order chi connectivity index (χ0) is 24.0. The first-order valence-corrected chi connectivity index (χ1v) is 10.4. The van der Waals surface area contributed by atoms with Crippen LogP contribution in [0.25, 0.3) is 6.08 Å². The minimum atomic E-state index is -0.752. The number of nitro groups is 1. The number of nitrogens with zero attached hydrogens (tertiary/aromatic N) is 2. The molecule has 33 heavy (non-hydrogen) atoms. The summed E-state index contributed by atoms with van der Waals surface area (Å²) in [6.45, 7) is 1.88. The van der Waals surface area contributed by atoms with Crippen LogP contribution in [0.4, 0.5) is 11.4 Å². The fourth-order valence-corrected chi connectivity index (χ4v) is 3.40. The predicted octanol–water partition coefficient (Wildman–Crippen LogP) is 6.33. The molecule has 0 aromatic heterocycles. The Balaban J connectivity index is 1.72. The largest absolute Gasteiger partial charge is 0.489 e. The third-order valence-corrected chi connectivity index (χ3v) is 5.31. The van der Waals surface area contributed by atoms with Crippen molar-refractivity contribution in [3.8, 4) is 11.8 Å². The zero-order valence-corrected chi connectivity index (χ0v) is 18.9. The van der Waals surface area contributed by atoms with E-state index in [2.05, 4.69) is 5.32 Å². The summed E-state index contributed by atoms with van der Waals surface area (Å²) < 4.78 is 5.71. The Bertz CT molecular complexity index is 1260. The number of halogens is 2. The van der Waals surface area contributed by atoms with Crippen LogP contribution in [0.15, 0.2) is 66.2 Å². The van der Waals surface area contributed by atoms with Gasteiger partial charge in [-0.2, -0.15) is 5.26 Å². The molecule has 0 aliphatic heterocycles. The van der Waals surface area contributed by atoms with Crippen molar-refractivity contribution >= 4 is 46.6 Å². The number of carbonyl (C=O) groups excluding carboxylic acids is 1. The summed E-state index contributed by atoms with van der Waals surface area (Å²) in [6.07, 6.45) is 1.38. The van der Waals surface area contributed by atoms with Gasteiger partial charge in [0, 0.05) is 21.7 Å². The van der Waals surface area contributed by atoms with Crippen molar-refractivity contribution in [3.63, 3.8) is 0 Å². The SMILES string of the molecule is Cc1ccc(NC(=O)/C(C#N)=C/c2ccc(OCc3c(Cl)cccc3Cl)cc2)c([N+](=O)[O-])c1. The molecule has 0 fully saturated rings. The van der Waals surface area contributed by atoms with Gasteiger partial charge in [-0.15, -0.1) is 0 Å². The van der Waals surface area contributed by atoms with Gasteiger partial charge in [0.05, 0.1) is 4.92 Å². The highest BCUT2D eigenvalue weighted by molar-refractivity contribution is 6.35. The molecular formula is C24H17Cl2N3O4. The van der Waals surface area contributed by atoms with Crippen LogP contribution in [-0.2, 0) is 11.4 Å². The van der Waals surface area contributed by atoms with E-state index < -0.39 is 10.8 Å². The Morgan fingerprint density at radius 1 is 1.15 bits per heavy atom. The average Bonchev–Trinajstić information content (AvgIpc) is 2.79. The molecule has 7 nitrogen and oxygen atoms in total. The van der Waals surface area contributed by atoms with Crippen LogP contribution in [0.1, 0.15) is 16.7 Å². The number of ether oxygens (including phenoxy) is 1. The number of aryl methyl sites for hydroxylation is 1. The molecule has 9 heteroatoms. The van der Waals surface area contributed by atoms with Crippen LogP contribution < -0.4 is 10.1 Å². The molecular weight excluding hydrogens is 465 g/mol. The Morgan fingerprint density at radius 2 is 1.82 bits per heavy atom. The third-order valence-electron chi connectivity index (χ3n) is 4.60. The molecule has 3 aromatic rings. The van der Waals surface area contributed by atoms with Crippen molar-refractivity contribution in [2.45, 2.75) is 13.5 Å². The van der Waals surface area contributed by atoms with Gasteiger partial charge in [0.2, 0.25) is 0 Å². The third kappa shape index (κ3) is 6.10. The maximum atomic E-state index is 12.5. The molecule has 3 aromatic carbocycles. The molecule has 0 heterocycles. The number of hydrogen-bond acceptors (Lipinski definition) is 5. The van der Waals surface area contributed by atoms with Crippen molar-refractivity contribution in [2.75, 3.05) is 5.32 Å². The van der Waals surface area contributed by atoms with Gasteiger partial charge in [0.1, 0.15) is 29.7 Å². The fourth-order valence-electron chi connectivity index (χ4n) is 2.89. The average molecular weight is 482 g/mol. The maximum absolute atomic E-state index is 12.5. The molecule has 0 aliphatic rings. The molecule has 0 saturated heterocycles. The lowest BCUT2D eigenvalue weighted by Gasteiger charge is -2.10. The summed E-state index contributed by atoms with van der Waals surface area (Å²) in [5.74, 6) is -0.209. The van der Waals surface area contributed by atoms with Crippen LogP contribution in [0.5, 0.6) is 5.75 Å². The standard InChI is InChI=1S/C24H17Cl2N3O4/c1-15-5-10-22(23(11-15)29(31)32)28-24(30)17(13-27)12-16-6-8-18(9-7-16)33-14-19-20(25)3-2-4-21(19)26/h2-12H,14H2,1H3,(H,28,30)/b17-12+. The Kier molecular flexibility index (Phi) is 7.67. The summed E-state index contributed by atoms with van der Waals surface area (Å²) in [6, 6.07) is 18.1. The van der Waals surface area contributed by atoms with Crippen molar-refractivity contribution in [2.24, 2.45) is 0 Å². The van der Waals surface area contributed by atoms with Crippen LogP contribution in [0, 0.1) is 28.4 Å². The van der Waals surface area contributed by atoms with Crippen LogP contribution in [0.2, 0.25) is 10.0 Å². The van der Waals surface area contributed by atoms with Gasteiger partial charge < -0.3 is 10.1 Å². The first kappa shape index (κ1) is 23.8. The monoisotopic (exact) mass is 481 g/mol. The lowest BCUT2D eigenvalue weighted by Crippen LogP contribution is -2.14. The van der Waals surface area contributed by atoms with E-state index in [1.54, 1.807) is 55.5 Å². The van der Waals surface area contributed by atoms with Gasteiger partial charge in [0.25, 0.3) is 11.6 Å². The second-order valence-electron chi connectivity index (χ2n) is 6.96. The van der Waals surface area contributed by atoms with Crippen LogP contribution in [-0.4, -0.2) is 10.8 Å². The molecule has 3 rings (SSSR count).